The molecule has 7 nitrogen and oxygen atoms in total. The van der Waals surface area contributed by atoms with E-state index in [1.54, 1.807) is 4.90 Å². The molecule has 0 radical (unpaired) electrons. The summed E-state index contributed by atoms with van der Waals surface area (Å²) < 4.78 is 17.2. The van der Waals surface area contributed by atoms with Crippen molar-refractivity contribution in [3.63, 3.8) is 0 Å². The van der Waals surface area contributed by atoms with Gasteiger partial charge in [-0.05, 0) is 38.7 Å². The summed E-state index contributed by atoms with van der Waals surface area (Å²) in [5.41, 5.74) is 0.955. The van der Waals surface area contributed by atoms with E-state index >= 15 is 0 Å². The van der Waals surface area contributed by atoms with E-state index in [1.807, 2.05) is 44.2 Å². The molecular weight excluding hydrogens is 398 g/mol. The van der Waals surface area contributed by atoms with Crippen molar-refractivity contribution in [3.05, 3.63) is 35.9 Å². The molecule has 2 aliphatic rings. The lowest BCUT2D eigenvalue weighted by Gasteiger charge is -2.43. The normalized spacial score (nSPS) is 27.0. The van der Waals surface area contributed by atoms with Crippen LogP contribution in [0.25, 0.3) is 0 Å². The van der Waals surface area contributed by atoms with Gasteiger partial charge >= 0.3 is 5.97 Å². The van der Waals surface area contributed by atoms with Crippen molar-refractivity contribution >= 4 is 11.9 Å². The van der Waals surface area contributed by atoms with Gasteiger partial charge in [0.15, 0.2) is 5.79 Å². The van der Waals surface area contributed by atoms with Gasteiger partial charge in [-0.15, -0.1) is 0 Å². The molecule has 1 amide bonds. The maximum Gasteiger partial charge on any atom is 0.306 e. The molecule has 2 saturated heterocycles. The Bertz CT molecular complexity index is 737. The highest BCUT2D eigenvalue weighted by molar-refractivity contribution is 5.77. The first-order chi connectivity index (χ1) is 14.8. The Kier molecular flexibility index (Phi) is 8.08. The summed E-state index contributed by atoms with van der Waals surface area (Å²) in [6.07, 6.45) is 2.02. The van der Waals surface area contributed by atoms with E-state index in [2.05, 4.69) is 6.92 Å². The van der Waals surface area contributed by atoms with E-state index in [-0.39, 0.29) is 43.6 Å². The molecule has 0 aliphatic carbocycles. The van der Waals surface area contributed by atoms with Gasteiger partial charge in [-0.3, -0.25) is 9.59 Å². The molecule has 1 aromatic rings. The van der Waals surface area contributed by atoms with Crippen LogP contribution >= 0.6 is 0 Å². The number of hydrogen-bond donors (Lipinski definition) is 1. The van der Waals surface area contributed by atoms with Crippen molar-refractivity contribution < 1.29 is 28.9 Å². The quantitative estimate of drug-likeness (QED) is 0.476. The van der Waals surface area contributed by atoms with Crippen molar-refractivity contribution in [1.29, 1.82) is 0 Å². The van der Waals surface area contributed by atoms with Crippen molar-refractivity contribution in [3.8, 4) is 0 Å². The number of β-amino-alcohol motifs (C(OH)–C–C–N with tert-alkyl or cyclic N) is 1. The lowest BCUT2D eigenvalue weighted by molar-refractivity contribution is -0.153. The highest BCUT2D eigenvalue weighted by Gasteiger charge is 2.53. The number of likely N-dealkylation sites (tertiary alicyclic amines) is 1. The highest BCUT2D eigenvalue weighted by Crippen LogP contribution is 2.38. The molecule has 0 bridgehead atoms. The average Bonchev–Trinajstić information content (AvgIpc) is 3.08. The Morgan fingerprint density at radius 2 is 1.81 bits per heavy atom. The van der Waals surface area contributed by atoms with Gasteiger partial charge in [0.1, 0.15) is 24.9 Å². The van der Waals surface area contributed by atoms with E-state index in [0.717, 1.165) is 18.4 Å². The lowest BCUT2D eigenvalue weighted by atomic mass is 9.90. The zero-order valence-corrected chi connectivity index (χ0v) is 18.8. The predicted octanol–water partition coefficient (Wildman–Crippen LogP) is 3.18. The van der Waals surface area contributed by atoms with Crippen LogP contribution in [0.2, 0.25) is 0 Å². The Labute approximate surface area is 184 Å². The molecule has 0 aromatic heterocycles. The van der Waals surface area contributed by atoms with Crippen LogP contribution in [-0.4, -0.2) is 58.6 Å². The fourth-order valence-corrected chi connectivity index (χ4v) is 4.43. The molecule has 1 unspecified atom stereocenters. The Balaban J connectivity index is 1.45. The second kappa shape index (κ2) is 10.6. The molecule has 4 atom stereocenters. The number of benzene rings is 1. The highest BCUT2D eigenvalue weighted by atomic mass is 16.8. The average molecular weight is 434 g/mol. The van der Waals surface area contributed by atoms with Gasteiger partial charge < -0.3 is 24.2 Å². The molecule has 1 N–H and O–H groups in total. The number of unbranched alkanes of at least 4 members (excludes halogenated alkanes) is 1. The van der Waals surface area contributed by atoms with Crippen LogP contribution in [-0.2, 0) is 30.4 Å². The van der Waals surface area contributed by atoms with Gasteiger partial charge in [0.2, 0.25) is 5.91 Å². The molecule has 3 rings (SSSR count). The van der Waals surface area contributed by atoms with Crippen LogP contribution in [0.5, 0.6) is 0 Å². The topological polar surface area (TPSA) is 85.3 Å². The molecule has 172 valence electrons. The second-order valence-electron chi connectivity index (χ2n) is 8.89. The third kappa shape index (κ3) is 6.28. The van der Waals surface area contributed by atoms with E-state index in [9.17, 15) is 14.7 Å². The predicted molar refractivity (Wildman–Crippen MR) is 115 cm³/mol. The summed E-state index contributed by atoms with van der Waals surface area (Å²) in [5, 5.41) is 10.6. The van der Waals surface area contributed by atoms with Crippen molar-refractivity contribution in [2.45, 2.75) is 96.0 Å². The number of carbonyl (C=O) groups excluding carboxylic acids is 2. The fourth-order valence-electron chi connectivity index (χ4n) is 4.43. The fraction of sp³-hybridized carbons (Fsp3) is 0.667. The number of ether oxygens (including phenoxy) is 3. The van der Waals surface area contributed by atoms with Crippen molar-refractivity contribution in [1.82, 2.24) is 4.90 Å². The summed E-state index contributed by atoms with van der Waals surface area (Å²) in [6.45, 7) is 6.27. The number of carbonyl (C=O) groups is 2. The van der Waals surface area contributed by atoms with Crippen LogP contribution in [0.1, 0.15) is 64.9 Å². The zero-order valence-electron chi connectivity index (χ0n) is 18.8. The SMILES string of the molecule is CCCC1[C@@H]2OC(C)(C)O[C@@H]2[C@H](O)CN1C(=O)CCCCC(=O)OCc1ccccc1. The van der Waals surface area contributed by atoms with Crippen LogP contribution in [0, 0.1) is 0 Å². The zero-order chi connectivity index (χ0) is 22.4. The molecule has 0 saturated carbocycles. The third-order valence-corrected chi connectivity index (χ3v) is 5.88. The molecule has 2 aliphatic heterocycles. The summed E-state index contributed by atoms with van der Waals surface area (Å²) in [4.78, 5) is 26.6. The number of nitrogens with zero attached hydrogens (tertiary/aromatic N) is 1. The summed E-state index contributed by atoms with van der Waals surface area (Å²) in [7, 11) is 0. The number of aliphatic hydroxyl groups excluding tert-OH is 1. The summed E-state index contributed by atoms with van der Waals surface area (Å²) >= 11 is 0. The first-order valence-electron chi connectivity index (χ1n) is 11.3. The van der Waals surface area contributed by atoms with Crippen LogP contribution in [0.15, 0.2) is 30.3 Å². The van der Waals surface area contributed by atoms with E-state index in [1.165, 1.54) is 0 Å². The Hall–Kier alpha value is -1.96. The Morgan fingerprint density at radius 1 is 1.13 bits per heavy atom. The molecule has 2 heterocycles. The summed E-state index contributed by atoms with van der Waals surface area (Å²) in [6, 6.07) is 9.45. The molecule has 1 aromatic carbocycles. The number of piperidine rings is 1. The van der Waals surface area contributed by atoms with Crippen molar-refractivity contribution in [2.24, 2.45) is 0 Å². The van der Waals surface area contributed by atoms with Crippen molar-refractivity contribution in [2.75, 3.05) is 6.54 Å². The molecule has 31 heavy (non-hydrogen) atoms. The largest absolute Gasteiger partial charge is 0.461 e. The van der Waals surface area contributed by atoms with Gasteiger partial charge in [0.05, 0.1) is 6.04 Å². The third-order valence-electron chi connectivity index (χ3n) is 5.88. The Morgan fingerprint density at radius 3 is 2.52 bits per heavy atom. The number of hydrogen-bond acceptors (Lipinski definition) is 6. The van der Waals surface area contributed by atoms with Crippen LogP contribution < -0.4 is 0 Å². The smallest absolute Gasteiger partial charge is 0.306 e. The first-order valence-corrected chi connectivity index (χ1v) is 11.3. The van der Waals surface area contributed by atoms with E-state index in [4.69, 9.17) is 14.2 Å². The molecule has 7 heteroatoms. The summed E-state index contributed by atoms with van der Waals surface area (Å²) in [5.74, 6) is -1.03. The lowest BCUT2D eigenvalue weighted by Crippen LogP contribution is -2.61. The van der Waals surface area contributed by atoms with E-state index < -0.39 is 18.0 Å². The van der Waals surface area contributed by atoms with Gasteiger partial charge in [0, 0.05) is 19.4 Å². The standard InChI is InChI=1S/C24H35NO6/c1-4-10-18-22-23(31-24(2,3)30-22)19(26)15-25(18)20(27)13-8-9-14-21(28)29-16-17-11-6-5-7-12-17/h5-7,11-12,18-19,22-23,26H,4,8-10,13-16H2,1-3H3/t18?,19-,22+,23-/m1/s1. The van der Waals surface area contributed by atoms with Gasteiger partial charge in [-0.25, -0.2) is 0 Å². The van der Waals surface area contributed by atoms with Gasteiger partial charge in [-0.1, -0.05) is 43.7 Å². The van der Waals surface area contributed by atoms with E-state index in [0.29, 0.717) is 19.3 Å². The minimum atomic E-state index is -0.767. The number of aliphatic hydroxyl groups is 1. The number of esters is 1. The number of amides is 1. The second-order valence-corrected chi connectivity index (χ2v) is 8.89. The number of rotatable bonds is 9. The minimum absolute atomic E-state index is 0.0121. The maximum atomic E-state index is 12.9. The molecular formula is C24H35NO6. The van der Waals surface area contributed by atoms with Gasteiger partial charge in [-0.2, -0.15) is 0 Å². The van der Waals surface area contributed by atoms with Crippen LogP contribution in [0.3, 0.4) is 0 Å². The van der Waals surface area contributed by atoms with Crippen LogP contribution in [0.4, 0.5) is 0 Å². The monoisotopic (exact) mass is 433 g/mol. The minimum Gasteiger partial charge on any atom is -0.461 e. The number of fused-ring (bicyclic) bond motifs is 1. The van der Waals surface area contributed by atoms with Gasteiger partial charge in [0.25, 0.3) is 0 Å². The molecule has 2 fully saturated rings. The maximum absolute atomic E-state index is 12.9. The first kappa shape index (κ1) is 23.7. The molecule has 0 spiro atoms.